The fraction of sp³-hybridized carbons (Fsp3) is 0.565. The third-order valence-electron chi connectivity index (χ3n) is 5.63. The van der Waals surface area contributed by atoms with Crippen LogP contribution in [-0.4, -0.2) is 52.3 Å². The lowest BCUT2D eigenvalue weighted by atomic mass is 9.77. The summed E-state index contributed by atoms with van der Waals surface area (Å²) in [5.74, 6) is -2.60. The van der Waals surface area contributed by atoms with Crippen LogP contribution in [0.25, 0.3) is 0 Å². The SMILES string of the molecule is COC(=O)C1(C(=O)OC)C/C=C\C=C\CC(C(=O)OC)(C(=O)OC)CC/C=C(/C)CC1. The van der Waals surface area contributed by atoms with Crippen LogP contribution in [0, 0.1) is 10.8 Å². The maximum Gasteiger partial charge on any atom is 0.323 e. The fourth-order valence-electron chi connectivity index (χ4n) is 3.67. The van der Waals surface area contributed by atoms with Crippen LogP contribution in [-0.2, 0) is 38.1 Å². The van der Waals surface area contributed by atoms with Crippen molar-refractivity contribution >= 4 is 23.9 Å². The first-order valence-electron chi connectivity index (χ1n) is 10.0. The first-order chi connectivity index (χ1) is 14.7. The van der Waals surface area contributed by atoms with Crippen LogP contribution in [0.2, 0.25) is 0 Å². The van der Waals surface area contributed by atoms with Crippen LogP contribution in [0.5, 0.6) is 0 Å². The Labute approximate surface area is 183 Å². The van der Waals surface area contributed by atoms with Crippen molar-refractivity contribution in [1.82, 2.24) is 0 Å². The molecule has 0 saturated heterocycles. The Morgan fingerprint density at radius 2 is 1.10 bits per heavy atom. The van der Waals surface area contributed by atoms with E-state index in [9.17, 15) is 19.2 Å². The number of rotatable bonds is 4. The van der Waals surface area contributed by atoms with Crippen LogP contribution in [0.15, 0.2) is 36.0 Å². The molecule has 0 aromatic carbocycles. The minimum Gasteiger partial charge on any atom is -0.468 e. The molecule has 0 bridgehead atoms. The van der Waals surface area contributed by atoms with Gasteiger partial charge in [-0.2, -0.15) is 0 Å². The number of allylic oxidation sites excluding steroid dienone is 6. The molecule has 172 valence electrons. The van der Waals surface area contributed by atoms with Crippen molar-refractivity contribution in [2.24, 2.45) is 10.8 Å². The smallest absolute Gasteiger partial charge is 0.323 e. The highest BCUT2D eigenvalue weighted by Gasteiger charge is 2.48. The van der Waals surface area contributed by atoms with Gasteiger partial charge in [0.1, 0.15) is 0 Å². The summed E-state index contributed by atoms with van der Waals surface area (Å²) in [6.07, 6.45) is 9.88. The predicted octanol–water partition coefficient (Wildman–Crippen LogP) is 3.06. The Balaban J connectivity index is 3.37. The van der Waals surface area contributed by atoms with E-state index in [1.165, 1.54) is 28.4 Å². The van der Waals surface area contributed by atoms with Crippen LogP contribution < -0.4 is 0 Å². The highest BCUT2D eigenvalue weighted by atomic mass is 16.6. The topological polar surface area (TPSA) is 105 Å². The van der Waals surface area contributed by atoms with E-state index in [0.717, 1.165) is 5.57 Å². The number of esters is 4. The van der Waals surface area contributed by atoms with E-state index in [2.05, 4.69) is 0 Å². The van der Waals surface area contributed by atoms with E-state index in [4.69, 9.17) is 18.9 Å². The van der Waals surface area contributed by atoms with Crippen molar-refractivity contribution in [3.63, 3.8) is 0 Å². The van der Waals surface area contributed by atoms with Gasteiger partial charge in [0.15, 0.2) is 10.8 Å². The molecule has 0 atom stereocenters. The first-order valence-corrected chi connectivity index (χ1v) is 10.0. The van der Waals surface area contributed by atoms with Gasteiger partial charge in [-0.25, -0.2) is 0 Å². The largest absolute Gasteiger partial charge is 0.468 e. The summed E-state index contributed by atoms with van der Waals surface area (Å²) in [7, 11) is 4.96. The monoisotopic (exact) mass is 436 g/mol. The summed E-state index contributed by atoms with van der Waals surface area (Å²) in [6, 6.07) is 0. The molecule has 1 aliphatic rings. The van der Waals surface area contributed by atoms with E-state index in [1.807, 2.05) is 13.0 Å². The van der Waals surface area contributed by atoms with Crippen LogP contribution in [0.4, 0.5) is 0 Å². The number of hydrogen-bond donors (Lipinski definition) is 0. The summed E-state index contributed by atoms with van der Waals surface area (Å²) in [5.41, 5.74) is -2.00. The molecule has 0 fully saturated rings. The van der Waals surface area contributed by atoms with Crippen molar-refractivity contribution in [2.45, 2.75) is 45.4 Å². The molecular formula is C23H32O8. The second-order valence-electron chi connectivity index (χ2n) is 7.48. The Morgan fingerprint density at radius 1 is 0.710 bits per heavy atom. The van der Waals surface area contributed by atoms with Crippen molar-refractivity contribution in [1.29, 1.82) is 0 Å². The van der Waals surface area contributed by atoms with Gasteiger partial charge in [-0.15, -0.1) is 0 Å². The van der Waals surface area contributed by atoms with Crippen molar-refractivity contribution in [3.05, 3.63) is 36.0 Å². The molecule has 8 heteroatoms. The number of carbonyl (C=O) groups excluding carboxylic acids is 4. The molecule has 1 aliphatic carbocycles. The zero-order valence-electron chi connectivity index (χ0n) is 18.9. The summed E-state index contributed by atoms with van der Waals surface area (Å²) in [4.78, 5) is 50.1. The summed E-state index contributed by atoms with van der Waals surface area (Å²) in [5, 5.41) is 0. The van der Waals surface area contributed by atoms with E-state index in [0.29, 0.717) is 12.8 Å². The van der Waals surface area contributed by atoms with Crippen LogP contribution in [0.1, 0.15) is 45.4 Å². The van der Waals surface area contributed by atoms with Gasteiger partial charge >= 0.3 is 23.9 Å². The van der Waals surface area contributed by atoms with Crippen molar-refractivity contribution < 1.29 is 38.1 Å². The molecule has 31 heavy (non-hydrogen) atoms. The average molecular weight is 437 g/mol. The quantitative estimate of drug-likeness (QED) is 0.287. The minimum atomic E-state index is -1.45. The lowest BCUT2D eigenvalue weighted by molar-refractivity contribution is -0.171. The van der Waals surface area contributed by atoms with E-state index in [-0.39, 0.29) is 25.7 Å². The summed E-state index contributed by atoms with van der Waals surface area (Å²) >= 11 is 0. The first kappa shape index (κ1) is 26.1. The molecule has 8 nitrogen and oxygen atoms in total. The zero-order chi connectivity index (χ0) is 23.5. The third kappa shape index (κ3) is 6.06. The lowest BCUT2D eigenvalue weighted by Gasteiger charge is -2.28. The molecule has 0 N–H and O–H groups in total. The van der Waals surface area contributed by atoms with Gasteiger partial charge in [0.2, 0.25) is 0 Å². The number of carbonyl (C=O) groups is 4. The molecule has 0 heterocycles. The minimum absolute atomic E-state index is 0.0860. The van der Waals surface area contributed by atoms with Crippen LogP contribution >= 0.6 is 0 Å². The Morgan fingerprint density at radius 3 is 1.48 bits per heavy atom. The number of ether oxygens (including phenoxy) is 4. The predicted molar refractivity (Wildman–Crippen MR) is 113 cm³/mol. The van der Waals surface area contributed by atoms with Gasteiger partial charge in [0, 0.05) is 0 Å². The maximum absolute atomic E-state index is 12.5. The zero-order valence-corrected chi connectivity index (χ0v) is 18.9. The average Bonchev–Trinajstić information content (AvgIpc) is 2.79. The van der Waals surface area contributed by atoms with Crippen LogP contribution in [0.3, 0.4) is 0 Å². The third-order valence-corrected chi connectivity index (χ3v) is 5.63. The molecule has 0 aliphatic heterocycles. The van der Waals surface area contributed by atoms with Gasteiger partial charge in [-0.05, 0) is 45.4 Å². The second kappa shape index (κ2) is 12.1. The van der Waals surface area contributed by atoms with Crippen molar-refractivity contribution in [3.8, 4) is 0 Å². The maximum atomic E-state index is 12.5. The van der Waals surface area contributed by atoms with Gasteiger partial charge in [-0.1, -0.05) is 36.0 Å². The van der Waals surface area contributed by atoms with E-state index >= 15 is 0 Å². The molecular weight excluding hydrogens is 404 g/mol. The van der Waals surface area contributed by atoms with Gasteiger partial charge in [0.25, 0.3) is 0 Å². The standard InChI is InChI=1S/C23H32O8/c1-17-11-10-15-22(18(24)28-2,19(25)29-3)13-8-6-7-9-14-23(16-12-17,20(26)30-4)21(27)31-5/h6-9,11H,10,12-16H2,1-5H3/b8-6+,9-7-,17-11-. The molecule has 0 amide bonds. The normalized spacial score (nSPS) is 22.4. The molecule has 0 aromatic heterocycles. The Hall–Kier alpha value is -2.90. The van der Waals surface area contributed by atoms with E-state index < -0.39 is 34.7 Å². The van der Waals surface area contributed by atoms with Crippen molar-refractivity contribution in [2.75, 3.05) is 28.4 Å². The second-order valence-corrected chi connectivity index (χ2v) is 7.48. The summed E-state index contributed by atoms with van der Waals surface area (Å²) < 4.78 is 19.6. The molecule has 0 saturated carbocycles. The van der Waals surface area contributed by atoms with Gasteiger partial charge in [-0.3, -0.25) is 19.2 Å². The Kier molecular flexibility index (Phi) is 10.2. The highest BCUT2D eigenvalue weighted by molar-refractivity contribution is 6.00. The molecule has 0 unspecified atom stereocenters. The fourth-order valence-corrected chi connectivity index (χ4v) is 3.67. The molecule has 1 rings (SSSR count). The number of methoxy groups -OCH3 is 4. The molecule has 0 radical (unpaired) electrons. The highest BCUT2D eigenvalue weighted by Crippen LogP contribution is 2.36. The van der Waals surface area contributed by atoms with Gasteiger partial charge < -0.3 is 18.9 Å². The summed E-state index contributed by atoms with van der Waals surface area (Å²) in [6.45, 7) is 1.86. The molecule has 0 aromatic rings. The number of hydrogen-bond acceptors (Lipinski definition) is 8. The molecule has 0 spiro atoms. The van der Waals surface area contributed by atoms with E-state index in [1.54, 1.807) is 24.3 Å². The van der Waals surface area contributed by atoms with Gasteiger partial charge in [0.05, 0.1) is 28.4 Å². The Bertz CT molecular complexity index is 728. The lowest BCUT2D eigenvalue weighted by Crippen LogP contribution is -2.41.